The zero-order chi connectivity index (χ0) is 17.9. The van der Waals surface area contributed by atoms with Gasteiger partial charge in [-0.2, -0.15) is 0 Å². The fraction of sp³-hybridized carbons (Fsp3) is 0.579. The third-order valence-corrected chi connectivity index (χ3v) is 5.14. The topological polar surface area (TPSA) is 75.9 Å². The van der Waals surface area contributed by atoms with Crippen LogP contribution in [0, 0.1) is 0 Å². The van der Waals surface area contributed by atoms with Gasteiger partial charge in [0.15, 0.2) is 0 Å². The first kappa shape index (κ1) is 20.5. The van der Waals surface area contributed by atoms with Crippen LogP contribution in [-0.2, 0) is 16.0 Å². The Morgan fingerprint density at radius 1 is 1.08 bits per heavy atom. The van der Waals surface area contributed by atoms with Gasteiger partial charge in [-0.3, -0.25) is 9.59 Å². The van der Waals surface area contributed by atoms with E-state index in [1.807, 2.05) is 34.1 Å². The normalized spacial score (nSPS) is 18.5. The van der Waals surface area contributed by atoms with Crippen molar-refractivity contribution in [2.24, 2.45) is 5.73 Å². The highest BCUT2D eigenvalue weighted by Crippen LogP contribution is 2.34. The van der Waals surface area contributed by atoms with Crippen LogP contribution in [-0.4, -0.2) is 60.4 Å². The molecule has 0 spiro atoms. The van der Waals surface area contributed by atoms with E-state index >= 15 is 0 Å². The number of hydrogen-bond acceptors (Lipinski definition) is 4. The highest BCUT2D eigenvalue weighted by molar-refractivity contribution is 5.89. The lowest BCUT2D eigenvalue weighted by Crippen LogP contribution is -2.47. The Morgan fingerprint density at radius 2 is 1.69 bits per heavy atom. The molecule has 3 rings (SSSR count). The second kappa shape index (κ2) is 8.73. The third kappa shape index (κ3) is 4.89. The van der Waals surface area contributed by atoms with Gasteiger partial charge >= 0.3 is 0 Å². The molecule has 1 aromatic carbocycles. The van der Waals surface area contributed by atoms with E-state index in [-0.39, 0.29) is 24.2 Å². The smallest absolute Gasteiger partial charge is 0.242 e. The van der Waals surface area contributed by atoms with Crippen molar-refractivity contribution < 1.29 is 14.3 Å². The zero-order valence-corrected chi connectivity index (χ0v) is 16.1. The molecule has 1 heterocycles. The molecule has 6 nitrogen and oxygen atoms in total. The Bertz CT molecular complexity index is 631. The first-order valence-electron chi connectivity index (χ1n) is 9.01. The zero-order valence-electron chi connectivity index (χ0n) is 15.3. The Hall–Kier alpha value is -1.79. The summed E-state index contributed by atoms with van der Waals surface area (Å²) in [7, 11) is 1.64. The van der Waals surface area contributed by atoms with Crippen LogP contribution in [0.15, 0.2) is 24.3 Å². The third-order valence-electron chi connectivity index (χ3n) is 5.14. The number of methoxy groups -OCH3 is 1. The molecule has 0 aromatic heterocycles. The lowest BCUT2D eigenvalue weighted by molar-refractivity contribution is -0.135. The van der Waals surface area contributed by atoms with Crippen LogP contribution >= 0.6 is 12.4 Å². The van der Waals surface area contributed by atoms with Crippen molar-refractivity contribution in [3.63, 3.8) is 0 Å². The minimum absolute atomic E-state index is 0. The van der Waals surface area contributed by atoms with E-state index in [4.69, 9.17) is 10.5 Å². The molecule has 1 aliphatic heterocycles. The predicted octanol–water partition coefficient (Wildman–Crippen LogP) is 1.60. The second-order valence-electron chi connectivity index (χ2n) is 7.03. The Morgan fingerprint density at radius 3 is 2.31 bits per heavy atom. The van der Waals surface area contributed by atoms with Crippen LogP contribution in [0.1, 0.15) is 31.2 Å². The van der Waals surface area contributed by atoms with Crippen molar-refractivity contribution in [1.82, 2.24) is 9.80 Å². The summed E-state index contributed by atoms with van der Waals surface area (Å²) in [5.41, 5.74) is 6.53. The fourth-order valence-corrected chi connectivity index (χ4v) is 3.23. The molecule has 1 saturated carbocycles. The number of carbonyl (C=O) groups excluding carboxylic acids is 2. The van der Waals surface area contributed by atoms with Gasteiger partial charge < -0.3 is 20.3 Å². The highest BCUT2D eigenvalue weighted by atomic mass is 35.5. The molecule has 2 aliphatic rings. The van der Waals surface area contributed by atoms with Crippen molar-refractivity contribution in [3.8, 4) is 5.75 Å². The summed E-state index contributed by atoms with van der Waals surface area (Å²) in [5, 5.41) is 0. The van der Waals surface area contributed by atoms with Crippen molar-refractivity contribution >= 4 is 24.2 Å². The van der Waals surface area contributed by atoms with Crippen LogP contribution in [0.25, 0.3) is 0 Å². The molecular formula is C19H28ClN3O3. The fourth-order valence-electron chi connectivity index (χ4n) is 3.23. The number of carbonyl (C=O) groups is 2. The molecule has 2 N–H and O–H groups in total. The van der Waals surface area contributed by atoms with Crippen LogP contribution in [0.3, 0.4) is 0 Å². The minimum Gasteiger partial charge on any atom is -0.497 e. The van der Waals surface area contributed by atoms with Gasteiger partial charge in [-0.05, 0) is 43.4 Å². The number of benzene rings is 1. The molecule has 0 unspecified atom stereocenters. The quantitative estimate of drug-likeness (QED) is 0.840. The number of aryl methyl sites for hydroxylation is 1. The molecule has 2 fully saturated rings. The minimum atomic E-state index is -0.618. The lowest BCUT2D eigenvalue weighted by Gasteiger charge is -2.24. The molecule has 0 bridgehead atoms. The molecule has 26 heavy (non-hydrogen) atoms. The van der Waals surface area contributed by atoms with Gasteiger partial charge in [0.05, 0.1) is 12.6 Å². The second-order valence-corrected chi connectivity index (χ2v) is 7.03. The maximum absolute atomic E-state index is 12.5. The van der Waals surface area contributed by atoms with Gasteiger partial charge in [0, 0.05) is 32.6 Å². The van der Waals surface area contributed by atoms with E-state index in [9.17, 15) is 9.59 Å². The summed E-state index contributed by atoms with van der Waals surface area (Å²) in [6.07, 6.45) is 3.59. The molecule has 0 radical (unpaired) electrons. The van der Waals surface area contributed by atoms with E-state index in [1.165, 1.54) is 0 Å². The van der Waals surface area contributed by atoms with E-state index in [0.29, 0.717) is 39.0 Å². The Labute approximate surface area is 161 Å². The highest BCUT2D eigenvalue weighted by Gasteiger charge is 2.48. The van der Waals surface area contributed by atoms with Gasteiger partial charge in [0.1, 0.15) is 5.75 Å². The van der Waals surface area contributed by atoms with Gasteiger partial charge in [0.2, 0.25) is 11.8 Å². The van der Waals surface area contributed by atoms with Crippen LogP contribution in [0.5, 0.6) is 5.75 Å². The Balaban J connectivity index is 0.00000243. The van der Waals surface area contributed by atoms with E-state index < -0.39 is 5.54 Å². The monoisotopic (exact) mass is 381 g/mol. The Kier molecular flexibility index (Phi) is 6.89. The van der Waals surface area contributed by atoms with Gasteiger partial charge in [-0.15, -0.1) is 12.4 Å². The number of amides is 2. The molecule has 1 aromatic rings. The number of halogens is 1. The van der Waals surface area contributed by atoms with E-state index in [0.717, 1.165) is 30.6 Å². The van der Waals surface area contributed by atoms with Gasteiger partial charge in [-0.1, -0.05) is 12.1 Å². The molecular weight excluding hydrogens is 354 g/mol. The van der Waals surface area contributed by atoms with Crippen molar-refractivity contribution in [2.45, 2.75) is 37.6 Å². The molecule has 0 atom stereocenters. The SMILES string of the molecule is COc1ccc(CCC(=O)N2CCCN(C(=O)C3(N)CC3)CC2)cc1.Cl. The maximum Gasteiger partial charge on any atom is 0.242 e. The maximum atomic E-state index is 12.5. The van der Waals surface area contributed by atoms with Crippen LogP contribution in [0.4, 0.5) is 0 Å². The van der Waals surface area contributed by atoms with Crippen LogP contribution < -0.4 is 10.5 Å². The summed E-state index contributed by atoms with van der Waals surface area (Å²) >= 11 is 0. The van der Waals surface area contributed by atoms with E-state index in [2.05, 4.69) is 0 Å². The lowest BCUT2D eigenvalue weighted by atomic mass is 10.1. The van der Waals surface area contributed by atoms with Gasteiger partial charge in [0.25, 0.3) is 0 Å². The van der Waals surface area contributed by atoms with E-state index in [1.54, 1.807) is 7.11 Å². The van der Waals surface area contributed by atoms with Gasteiger partial charge in [-0.25, -0.2) is 0 Å². The first-order chi connectivity index (χ1) is 12.0. The molecule has 7 heteroatoms. The number of ether oxygens (including phenoxy) is 1. The standard InChI is InChI=1S/C19H27N3O3.ClH/c1-25-16-6-3-15(4-7-16)5-8-17(23)21-11-2-12-22(14-13-21)18(24)19(20)9-10-19;/h3-4,6-7H,2,5,8-14,20H2,1H3;1H. The summed E-state index contributed by atoms with van der Waals surface area (Å²) in [6, 6.07) is 7.81. The average Bonchev–Trinajstić information content (AvgIpc) is 3.42. The summed E-state index contributed by atoms with van der Waals surface area (Å²) in [5.74, 6) is 1.03. The molecule has 2 amide bonds. The summed E-state index contributed by atoms with van der Waals surface area (Å²) < 4.78 is 5.15. The summed E-state index contributed by atoms with van der Waals surface area (Å²) in [6.45, 7) is 2.60. The molecule has 144 valence electrons. The van der Waals surface area contributed by atoms with Crippen molar-refractivity contribution in [1.29, 1.82) is 0 Å². The predicted molar refractivity (Wildman–Crippen MR) is 102 cm³/mol. The molecule has 1 aliphatic carbocycles. The number of nitrogens with two attached hydrogens (primary N) is 1. The number of nitrogens with zero attached hydrogens (tertiary/aromatic N) is 2. The largest absolute Gasteiger partial charge is 0.497 e. The number of hydrogen-bond donors (Lipinski definition) is 1. The molecule has 1 saturated heterocycles. The number of rotatable bonds is 5. The summed E-state index contributed by atoms with van der Waals surface area (Å²) in [4.78, 5) is 28.6. The average molecular weight is 382 g/mol. The van der Waals surface area contributed by atoms with Crippen molar-refractivity contribution in [3.05, 3.63) is 29.8 Å². The van der Waals surface area contributed by atoms with Crippen LogP contribution in [0.2, 0.25) is 0 Å². The first-order valence-corrected chi connectivity index (χ1v) is 9.01. The van der Waals surface area contributed by atoms with Crippen molar-refractivity contribution in [2.75, 3.05) is 33.3 Å².